The molecule has 2 amide bonds. The second-order valence-electron chi connectivity index (χ2n) is 6.53. The number of thioether (sulfide) groups is 1. The quantitative estimate of drug-likeness (QED) is 0.514. The molecule has 0 atom stereocenters. The standard InChI is InChI=1S/C21H22N4O2S/c1-14-4-7-17(8-5-14)20(27)24-23-19(26)13-28-21-22-10-11-25(21)18-9-6-15(2)12-16(18)3/h4-12H,13H2,1-3H3,(H,23,26)(H,24,27). The fourth-order valence-corrected chi connectivity index (χ4v) is 3.49. The number of nitrogens with one attached hydrogen (secondary N) is 2. The molecule has 7 heteroatoms. The number of carbonyl (C=O) groups excluding carboxylic acids is 2. The van der Waals surface area contributed by atoms with Gasteiger partial charge in [0.2, 0.25) is 5.91 Å². The van der Waals surface area contributed by atoms with Crippen LogP contribution in [-0.2, 0) is 4.79 Å². The van der Waals surface area contributed by atoms with Crippen LogP contribution in [0.3, 0.4) is 0 Å². The SMILES string of the molecule is Cc1ccc(C(=O)NNC(=O)CSc2nccn2-c2ccc(C)cc2C)cc1. The highest BCUT2D eigenvalue weighted by Crippen LogP contribution is 2.23. The Morgan fingerprint density at radius 3 is 2.43 bits per heavy atom. The molecule has 144 valence electrons. The Bertz CT molecular complexity index is 996. The molecule has 6 nitrogen and oxygen atoms in total. The Morgan fingerprint density at radius 2 is 1.71 bits per heavy atom. The third-order valence-corrected chi connectivity index (χ3v) is 5.15. The maximum Gasteiger partial charge on any atom is 0.269 e. The van der Waals surface area contributed by atoms with Gasteiger partial charge >= 0.3 is 0 Å². The van der Waals surface area contributed by atoms with Crippen molar-refractivity contribution < 1.29 is 9.59 Å². The summed E-state index contributed by atoms with van der Waals surface area (Å²) in [5.74, 6) is -0.522. The van der Waals surface area contributed by atoms with Gasteiger partial charge in [-0.2, -0.15) is 0 Å². The highest BCUT2D eigenvalue weighted by atomic mass is 32.2. The van der Waals surface area contributed by atoms with Crippen molar-refractivity contribution in [2.75, 3.05) is 5.75 Å². The first kappa shape index (κ1) is 19.7. The van der Waals surface area contributed by atoms with Gasteiger partial charge in [0.1, 0.15) is 0 Å². The van der Waals surface area contributed by atoms with Gasteiger partial charge in [0, 0.05) is 18.0 Å². The van der Waals surface area contributed by atoms with Gasteiger partial charge in [-0.05, 0) is 44.5 Å². The first-order valence-corrected chi connectivity index (χ1v) is 9.82. The van der Waals surface area contributed by atoms with E-state index < -0.39 is 0 Å². The second-order valence-corrected chi connectivity index (χ2v) is 7.47. The summed E-state index contributed by atoms with van der Waals surface area (Å²) >= 11 is 1.31. The molecule has 1 heterocycles. The smallest absolute Gasteiger partial charge is 0.269 e. The summed E-state index contributed by atoms with van der Waals surface area (Å²) in [5, 5.41) is 0.715. The summed E-state index contributed by atoms with van der Waals surface area (Å²) in [6.45, 7) is 6.04. The van der Waals surface area contributed by atoms with E-state index in [2.05, 4.69) is 28.8 Å². The minimum absolute atomic E-state index is 0.135. The number of hydrogen-bond acceptors (Lipinski definition) is 4. The number of aromatic nitrogens is 2. The lowest BCUT2D eigenvalue weighted by atomic mass is 10.1. The highest BCUT2D eigenvalue weighted by Gasteiger charge is 2.12. The fraction of sp³-hybridized carbons (Fsp3) is 0.190. The lowest BCUT2D eigenvalue weighted by Gasteiger charge is -2.11. The Labute approximate surface area is 168 Å². The van der Waals surface area contributed by atoms with Crippen LogP contribution in [0.4, 0.5) is 0 Å². The van der Waals surface area contributed by atoms with Gasteiger partial charge in [-0.1, -0.05) is 47.2 Å². The Kier molecular flexibility index (Phi) is 6.16. The zero-order valence-corrected chi connectivity index (χ0v) is 16.8. The molecule has 0 aliphatic carbocycles. The van der Waals surface area contributed by atoms with E-state index in [9.17, 15) is 9.59 Å². The van der Waals surface area contributed by atoms with Crippen molar-refractivity contribution in [1.29, 1.82) is 0 Å². The van der Waals surface area contributed by atoms with Crippen LogP contribution < -0.4 is 10.9 Å². The van der Waals surface area contributed by atoms with E-state index in [4.69, 9.17) is 0 Å². The predicted molar refractivity (Wildman–Crippen MR) is 111 cm³/mol. The third-order valence-electron chi connectivity index (χ3n) is 4.18. The number of benzene rings is 2. The van der Waals surface area contributed by atoms with Crippen molar-refractivity contribution >= 4 is 23.6 Å². The number of hydrogen-bond donors (Lipinski definition) is 2. The maximum atomic E-state index is 12.1. The molecule has 0 fully saturated rings. The minimum atomic E-state index is -0.352. The minimum Gasteiger partial charge on any atom is -0.295 e. The van der Waals surface area contributed by atoms with Crippen LogP contribution in [0.5, 0.6) is 0 Å². The van der Waals surface area contributed by atoms with Crippen molar-refractivity contribution in [1.82, 2.24) is 20.4 Å². The van der Waals surface area contributed by atoms with E-state index >= 15 is 0 Å². The van der Waals surface area contributed by atoms with Crippen molar-refractivity contribution in [3.8, 4) is 5.69 Å². The monoisotopic (exact) mass is 394 g/mol. The molecule has 0 saturated heterocycles. The van der Waals surface area contributed by atoms with Gasteiger partial charge in [0.15, 0.2) is 5.16 Å². The zero-order chi connectivity index (χ0) is 20.1. The van der Waals surface area contributed by atoms with Crippen LogP contribution in [0.1, 0.15) is 27.0 Å². The average Bonchev–Trinajstić information content (AvgIpc) is 3.13. The van der Waals surface area contributed by atoms with E-state index in [-0.39, 0.29) is 17.6 Å². The molecule has 28 heavy (non-hydrogen) atoms. The molecule has 0 spiro atoms. The number of carbonyl (C=O) groups is 2. The topological polar surface area (TPSA) is 76.0 Å². The van der Waals surface area contributed by atoms with Gasteiger partial charge in [-0.25, -0.2) is 4.98 Å². The molecule has 0 bridgehead atoms. The zero-order valence-electron chi connectivity index (χ0n) is 16.0. The highest BCUT2D eigenvalue weighted by molar-refractivity contribution is 7.99. The number of amides is 2. The van der Waals surface area contributed by atoms with E-state index in [1.54, 1.807) is 18.3 Å². The van der Waals surface area contributed by atoms with E-state index in [1.807, 2.05) is 48.9 Å². The normalized spacial score (nSPS) is 10.5. The van der Waals surface area contributed by atoms with Crippen LogP contribution in [-0.4, -0.2) is 27.1 Å². The van der Waals surface area contributed by atoms with Crippen LogP contribution in [0.15, 0.2) is 60.0 Å². The van der Waals surface area contributed by atoms with E-state index in [0.717, 1.165) is 16.8 Å². The first-order chi connectivity index (χ1) is 13.4. The number of rotatable bonds is 5. The van der Waals surface area contributed by atoms with Crippen molar-refractivity contribution in [2.24, 2.45) is 0 Å². The van der Waals surface area contributed by atoms with E-state index in [1.165, 1.54) is 17.3 Å². The molecular weight excluding hydrogens is 372 g/mol. The summed E-state index contributed by atoms with van der Waals surface area (Å²) in [6.07, 6.45) is 3.58. The van der Waals surface area contributed by atoms with Gasteiger partial charge in [0.25, 0.3) is 5.91 Å². The number of nitrogens with zero attached hydrogens (tertiary/aromatic N) is 2. The number of aryl methyl sites for hydroxylation is 3. The summed E-state index contributed by atoms with van der Waals surface area (Å²) in [7, 11) is 0. The van der Waals surface area contributed by atoms with Crippen molar-refractivity contribution in [2.45, 2.75) is 25.9 Å². The van der Waals surface area contributed by atoms with Gasteiger partial charge in [0.05, 0.1) is 11.4 Å². The third kappa shape index (κ3) is 4.80. The molecule has 0 unspecified atom stereocenters. The summed E-state index contributed by atoms with van der Waals surface area (Å²) in [4.78, 5) is 28.5. The summed E-state index contributed by atoms with van der Waals surface area (Å²) < 4.78 is 1.96. The molecular formula is C21H22N4O2S. The molecule has 0 aliphatic rings. The van der Waals surface area contributed by atoms with Gasteiger partial charge in [-0.3, -0.25) is 25.0 Å². The Hall–Kier alpha value is -3.06. The first-order valence-electron chi connectivity index (χ1n) is 8.83. The Balaban J connectivity index is 1.56. The maximum absolute atomic E-state index is 12.1. The largest absolute Gasteiger partial charge is 0.295 e. The molecule has 2 N–H and O–H groups in total. The molecule has 0 saturated carbocycles. The molecule has 3 aromatic rings. The number of imidazole rings is 1. The lowest BCUT2D eigenvalue weighted by molar-refractivity contribution is -0.119. The van der Waals surface area contributed by atoms with Gasteiger partial charge in [-0.15, -0.1) is 0 Å². The van der Waals surface area contributed by atoms with Crippen LogP contribution in [0, 0.1) is 20.8 Å². The summed E-state index contributed by atoms with van der Waals surface area (Å²) in [5.41, 5.74) is 9.78. The lowest BCUT2D eigenvalue weighted by Crippen LogP contribution is -2.42. The Morgan fingerprint density at radius 1 is 1.00 bits per heavy atom. The van der Waals surface area contributed by atoms with Gasteiger partial charge < -0.3 is 0 Å². The van der Waals surface area contributed by atoms with Crippen molar-refractivity contribution in [3.05, 3.63) is 77.1 Å². The fourth-order valence-electron chi connectivity index (χ4n) is 2.73. The van der Waals surface area contributed by atoms with E-state index in [0.29, 0.717) is 10.7 Å². The second kappa shape index (κ2) is 8.75. The molecule has 1 aromatic heterocycles. The molecule has 0 radical (unpaired) electrons. The predicted octanol–water partition coefficient (Wildman–Crippen LogP) is 3.35. The van der Waals surface area contributed by atoms with Crippen LogP contribution in [0.25, 0.3) is 5.69 Å². The molecule has 3 rings (SSSR count). The molecule has 0 aliphatic heterocycles. The van der Waals surface area contributed by atoms with Crippen LogP contribution >= 0.6 is 11.8 Å². The molecule has 2 aromatic carbocycles. The summed E-state index contributed by atoms with van der Waals surface area (Å²) in [6, 6.07) is 13.3. The number of hydrazine groups is 1. The van der Waals surface area contributed by atoms with Crippen molar-refractivity contribution in [3.63, 3.8) is 0 Å². The van der Waals surface area contributed by atoms with Crippen LogP contribution in [0.2, 0.25) is 0 Å². The average molecular weight is 395 g/mol.